The number of nitrogen functional groups attached to an aromatic ring is 1. The van der Waals surface area contributed by atoms with E-state index in [2.05, 4.69) is 25.6 Å². The van der Waals surface area contributed by atoms with Gasteiger partial charge in [0.15, 0.2) is 11.5 Å². The third-order valence-corrected chi connectivity index (χ3v) is 4.52. The Bertz CT molecular complexity index is 1000. The number of ether oxygens (including phenoxy) is 2. The summed E-state index contributed by atoms with van der Waals surface area (Å²) in [7, 11) is 0. The second kappa shape index (κ2) is 12.7. The molecule has 1 amide bonds. The molecule has 9 nitrogen and oxygen atoms in total. The number of anilines is 1. The maximum Gasteiger partial charge on any atom is 0.277 e. The van der Waals surface area contributed by atoms with Crippen LogP contribution in [0.2, 0.25) is 5.02 Å². The van der Waals surface area contributed by atoms with E-state index < -0.39 is 5.91 Å². The summed E-state index contributed by atoms with van der Waals surface area (Å²) in [6, 6.07) is 13.6. The Morgan fingerprint density at radius 3 is 2.59 bits per heavy atom. The van der Waals surface area contributed by atoms with Crippen molar-refractivity contribution in [1.29, 1.82) is 0 Å². The summed E-state index contributed by atoms with van der Waals surface area (Å²) < 4.78 is 16.1. The number of nitrogens with zero attached hydrogens (tertiary/aromatic N) is 2. The van der Waals surface area contributed by atoms with Gasteiger partial charge in [0.25, 0.3) is 5.91 Å². The first-order valence-electron chi connectivity index (χ1n) is 9.77. The van der Waals surface area contributed by atoms with E-state index in [1.54, 1.807) is 0 Å². The van der Waals surface area contributed by atoms with Gasteiger partial charge in [-0.1, -0.05) is 41.9 Å². The molecule has 11 heteroatoms. The third-order valence-electron chi connectivity index (χ3n) is 4.24. The van der Waals surface area contributed by atoms with E-state index in [-0.39, 0.29) is 23.9 Å². The first kappa shape index (κ1) is 25.3. The zero-order valence-corrected chi connectivity index (χ0v) is 18.9. The lowest BCUT2D eigenvalue weighted by molar-refractivity contribution is -0.0000159. The van der Waals surface area contributed by atoms with Gasteiger partial charge < -0.3 is 38.2 Å². The number of aromatic nitrogens is 2. The molecule has 4 N–H and O–H groups in total. The fourth-order valence-corrected chi connectivity index (χ4v) is 3.08. The van der Waals surface area contributed by atoms with Crippen molar-refractivity contribution in [2.24, 2.45) is 0 Å². The fraction of sp³-hybridized carbons (Fsp3) is 0.286. The van der Waals surface area contributed by atoms with Crippen molar-refractivity contribution in [3.05, 3.63) is 64.3 Å². The van der Waals surface area contributed by atoms with E-state index >= 15 is 0 Å². The molecule has 3 aromatic rings. The minimum atomic E-state index is -0.442. The van der Waals surface area contributed by atoms with Gasteiger partial charge in [0, 0.05) is 19.6 Å². The van der Waals surface area contributed by atoms with Crippen molar-refractivity contribution in [3.8, 4) is 11.5 Å². The van der Waals surface area contributed by atoms with E-state index in [0.717, 1.165) is 11.1 Å². The van der Waals surface area contributed by atoms with Gasteiger partial charge in [-0.3, -0.25) is 4.79 Å². The first-order chi connectivity index (χ1) is 15.1. The molecule has 2 aromatic carbocycles. The summed E-state index contributed by atoms with van der Waals surface area (Å²) in [5, 5.41) is 13.2. The summed E-state index contributed by atoms with van der Waals surface area (Å²) in [5.41, 5.74) is 7.43. The molecule has 0 saturated carbocycles. The van der Waals surface area contributed by atoms with Gasteiger partial charge in [-0.25, -0.2) is 4.63 Å². The third kappa shape index (κ3) is 7.01. The molecule has 172 valence electrons. The number of carbonyl (C=O) groups excluding carboxylic acids is 1. The molecule has 0 aliphatic rings. The monoisotopic (exact) mass is 480 g/mol. The average molecular weight is 481 g/mol. The molecular formula is C21H24Cl2N5O4-. The molecule has 0 aliphatic carbocycles. The van der Waals surface area contributed by atoms with Crippen molar-refractivity contribution in [3.63, 3.8) is 0 Å². The molecule has 1 heterocycles. The lowest BCUT2D eigenvalue weighted by Crippen LogP contribution is -3.00. The Morgan fingerprint density at radius 1 is 1.12 bits per heavy atom. The van der Waals surface area contributed by atoms with E-state index in [1.807, 2.05) is 49.4 Å². The number of nitrogens with one attached hydrogen (secondary N) is 2. The van der Waals surface area contributed by atoms with E-state index in [4.69, 9.17) is 26.8 Å². The van der Waals surface area contributed by atoms with Crippen molar-refractivity contribution >= 4 is 23.3 Å². The maximum atomic E-state index is 11.9. The van der Waals surface area contributed by atoms with Crippen LogP contribution in [0.15, 0.2) is 47.1 Å². The molecule has 0 unspecified atom stereocenters. The van der Waals surface area contributed by atoms with Crippen LogP contribution in [0, 0.1) is 0 Å². The summed E-state index contributed by atoms with van der Waals surface area (Å²) in [6.45, 7) is 4.20. The lowest BCUT2D eigenvalue weighted by Gasteiger charge is -2.16. The highest BCUT2D eigenvalue weighted by Gasteiger charge is 2.15. The van der Waals surface area contributed by atoms with E-state index in [9.17, 15) is 4.79 Å². The number of hydrogen-bond donors (Lipinski definition) is 3. The number of benzene rings is 2. The number of amides is 1. The topological polar surface area (TPSA) is 125 Å². The molecule has 3 rings (SSSR count). The van der Waals surface area contributed by atoms with E-state index in [0.29, 0.717) is 49.4 Å². The fourth-order valence-electron chi connectivity index (χ4n) is 2.79. The SMILES string of the molecule is CCOc1cc(CNCCNC(=O)c2nonc2N)cc(Cl)c1OCc1ccccc1.[Cl-]. The maximum absolute atomic E-state index is 11.9. The minimum Gasteiger partial charge on any atom is -1.00 e. The average Bonchev–Trinajstić information content (AvgIpc) is 3.20. The lowest BCUT2D eigenvalue weighted by atomic mass is 10.2. The Kier molecular flexibility index (Phi) is 10.1. The van der Waals surface area contributed by atoms with Crippen molar-refractivity contribution in [2.45, 2.75) is 20.1 Å². The van der Waals surface area contributed by atoms with E-state index in [1.165, 1.54) is 0 Å². The highest BCUT2D eigenvalue weighted by Crippen LogP contribution is 2.37. The van der Waals surface area contributed by atoms with Crippen molar-refractivity contribution in [2.75, 3.05) is 25.4 Å². The number of halogens is 2. The van der Waals surface area contributed by atoms with Gasteiger partial charge in [-0.2, -0.15) is 0 Å². The van der Waals surface area contributed by atoms with Gasteiger partial charge in [-0.05, 0) is 40.5 Å². The summed E-state index contributed by atoms with van der Waals surface area (Å²) in [4.78, 5) is 11.9. The highest BCUT2D eigenvalue weighted by molar-refractivity contribution is 6.32. The van der Waals surface area contributed by atoms with Crippen LogP contribution in [0.1, 0.15) is 28.5 Å². The molecule has 0 radical (unpaired) electrons. The van der Waals surface area contributed by atoms with Gasteiger partial charge in [0.05, 0.1) is 11.6 Å². The molecule has 1 aromatic heterocycles. The smallest absolute Gasteiger partial charge is 0.277 e. The minimum absolute atomic E-state index is 0. The van der Waals surface area contributed by atoms with Crippen LogP contribution in [0.4, 0.5) is 5.82 Å². The number of hydrogen-bond acceptors (Lipinski definition) is 8. The quantitative estimate of drug-likeness (QED) is 0.322. The normalized spacial score (nSPS) is 10.3. The first-order valence-corrected chi connectivity index (χ1v) is 10.1. The number of rotatable bonds is 11. The molecule has 32 heavy (non-hydrogen) atoms. The van der Waals surface area contributed by atoms with Crippen molar-refractivity contribution in [1.82, 2.24) is 20.9 Å². The van der Waals surface area contributed by atoms with Crippen LogP contribution in [-0.4, -0.2) is 35.9 Å². The molecule has 0 saturated heterocycles. The predicted molar refractivity (Wildman–Crippen MR) is 116 cm³/mol. The van der Waals surface area contributed by atoms with Gasteiger partial charge >= 0.3 is 0 Å². The second-order valence-electron chi connectivity index (χ2n) is 6.54. The van der Waals surface area contributed by atoms with Crippen LogP contribution < -0.4 is 38.2 Å². The van der Waals surface area contributed by atoms with Crippen LogP contribution >= 0.6 is 11.6 Å². The van der Waals surface area contributed by atoms with Crippen LogP contribution in [0.3, 0.4) is 0 Å². The molecule has 0 spiro atoms. The zero-order valence-electron chi connectivity index (χ0n) is 17.4. The molecular weight excluding hydrogens is 457 g/mol. The zero-order chi connectivity index (χ0) is 22.1. The molecule has 0 fully saturated rings. The summed E-state index contributed by atoms with van der Waals surface area (Å²) >= 11 is 6.47. The highest BCUT2D eigenvalue weighted by atomic mass is 35.5. The number of nitrogens with two attached hydrogens (primary N) is 1. The summed E-state index contributed by atoms with van der Waals surface area (Å²) in [6.07, 6.45) is 0. The second-order valence-corrected chi connectivity index (χ2v) is 6.95. The Labute approximate surface area is 197 Å². The van der Waals surface area contributed by atoms with Gasteiger partial charge in [0.1, 0.15) is 6.61 Å². The predicted octanol–water partition coefficient (Wildman–Crippen LogP) is -0.193. The largest absolute Gasteiger partial charge is 1.00 e. The van der Waals surface area contributed by atoms with Crippen molar-refractivity contribution < 1.29 is 31.3 Å². The Hall–Kier alpha value is -3.01. The summed E-state index contributed by atoms with van der Waals surface area (Å²) in [5.74, 6) is 0.618. The standard InChI is InChI=1S/C21H24ClN5O4.ClH/c1-2-29-17-11-15(10-16(22)19(17)30-13-14-6-4-3-5-7-14)12-24-8-9-25-21(28)18-20(23)27-31-26-18;/h3-7,10-11,24H,2,8-9,12-13H2,1H3,(H2,23,27)(H,25,28);1H/p-1. The van der Waals surface area contributed by atoms with Crippen LogP contribution in [0.5, 0.6) is 11.5 Å². The van der Waals surface area contributed by atoms with Gasteiger partial charge in [-0.15, -0.1) is 0 Å². The Balaban J connectivity index is 0.00000363. The molecule has 0 atom stereocenters. The Morgan fingerprint density at radius 2 is 1.91 bits per heavy atom. The number of carbonyl (C=O) groups is 1. The molecule has 0 bridgehead atoms. The molecule has 0 aliphatic heterocycles. The van der Waals surface area contributed by atoms with Crippen LogP contribution in [-0.2, 0) is 13.2 Å². The van der Waals surface area contributed by atoms with Gasteiger partial charge in [0.2, 0.25) is 11.5 Å². The van der Waals surface area contributed by atoms with Crippen LogP contribution in [0.25, 0.3) is 0 Å².